The monoisotopic (exact) mass is 279 g/mol. The van der Waals surface area contributed by atoms with Crippen LogP contribution in [0.2, 0.25) is 5.02 Å². The summed E-state index contributed by atoms with van der Waals surface area (Å²) in [5.74, 6) is 1.63. The lowest BCUT2D eigenvalue weighted by Gasteiger charge is -2.24. The van der Waals surface area contributed by atoms with Gasteiger partial charge in [0.05, 0.1) is 6.26 Å². The summed E-state index contributed by atoms with van der Waals surface area (Å²) >= 11 is 5.95. The number of nitrogens with one attached hydrogen (secondary N) is 1. The zero-order valence-corrected chi connectivity index (χ0v) is 11.9. The normalized spacial score (nSPS) is 14.1. The summed E-state index contributed by atoms with van der Waals surface area (Å²) in [4.78, 5) is 0. The van der Waals surface area contributed by atoms with Gasteiger partial charge >= 0.3 is 0 Å². The molecule has 4 heteroatoms. The first-order valence-electron chi connectivity index (χ1n) is 6.39. The van der Waals surface area contributed by atoms with Gasteiger partial charge in [0.2, 0.25) is 0 Å². The van der Waals surface area contributed by atoms with Crippen molar-refractivity contribution in [3.8, 4) is 5.75 Å². The standard InChI is InChI=1S/C15H18ClNO2/c1-3-17-15(14-8-5-9-18-14)11(2)19-13-7-4-6-12(16)10-13/h4-11,15,17H,3H2,1-2H3. The van der Waals surface area contributed by atoms with Crippen molar-refractivity contribution in [2.75, 3.05) is 6.54 Å². The van der Waals surface area contributed by atoms with E-state index in [4.69, 9.17) is 20.8 Å². The molecule has 1 aromatic heterocycles. The van der Waals surface area contributed by atoms with Crippen LogP contribution in [0, 0.1) is 0 Å². The minimum Gasteiger partial charge on any atom is -0.489 e. The Hall–Kier alpha value is -1.45. The predicted octanol–water partition coefficient (Wildman–Crippen LogP) is 4.05. The minimum absolute atomic E-state index is 0.0129. The quantitative estimate of drug-likeness (QED) is 0.866. The Kier molecular flexibility index (Phi) is 4.88. The lowest BCUT2D eigenvalue weighted by molar-refractivity contribution is 0.158. The molecule has 2 rings (SSSR count). The second-order valence-corrected chi connectivity index (χ2v) is 4.77. The van der Waals surface area contributed by atoms with E-state index in [1.165, 1.54) is 0 Å². The van der Waals surface area contributed by atoms with Gasteiger partial charge in [-0.3, -0.25) is 0 Å². The Labute approximate surface area is 118 Å². The van der Waals surface area contributed by atoms with E-state index in [1.54, 1.807) is 6.26 Å². The van der Waals surface area contributed by atoms with Gasteiger partial charge < -0.3 is 14.5 Å². The first kappa shape index (κ1) is 14.0. The highest BCUT2D eigenvalue weighted by Gasteiger charge is 2.22. The molecule has 0 radical (unpaired) electrons. The van der Waals surface area contributed by atoms with Crippen molar-refractivity contribution in [2.45, 2.75) is 26.0 Å². The average molecular weight is 280 g/mol. The van der Waals surface area contributed by atoms with Crippen LogP contribution in [0.5, 0.6) is 5.75 Å². The molecule has 0 aliphatic heterocycles. The maximum atomic E-state index is 5.95. The van der Waals surface area contributed by atoms with Crippen molar-refractivity contribution in [3.05, 3.63) is 53.4 Å². The minimum atomic E-state index is -0.0652. The van der Waals surface area contributed by atoms with E-state index < -0.39 is 0 Å². The number of furan rings is 1. The topological polar surface area (TPSA) is 34.4 Å². The molecule has 0 saturated carbocycles. The zero-order chi connectivity index (χ0) is 13.7. The fourth-order valence-electron chi connectivity index (χ4n) is 2.01. The number of rotatable bonds is 6. The molecular formula is C15H18ClNO2. The van der Waals surface area contributed by atoms with Crippen LogP contribution in [-0.4, -0.2) is 12.6 Å². The third-order valence-corrected chi connectivity index (χ3v) is 3.10. The summed E-state index contributed by atoms with van der Waals surface area (Å²) in [7, 11) is 0. The lowest BCUT2D eigenvalue weighted by Crippen LogP contribution is -2.33. The van der Waals surface area contributed by atoms with Crippen molar-refractivity contribution >= 4 is 11.6 Å². The first-order chi connectivity index (χ1) is 9.20. The van der Waals surface area contributed by atoms with Gasteiger partial charge in [-0.05, 0) is 43.8 Å². The molecule has 2 unspecified atom stereocenters. The smallest absolute Gasteiger partial charge is 0.124 e. The first-order valence-corrected chi connectivity index (χ1v) is 6.77. The van der Waals surface area contributed by atoms with Crippen molar-refractivity contribution in [3.63, 3.8) is 0 Å². The van der Waals surface area contributed by atoms with Crippen LogP contribution in [-0.2, 0) is 0 Å². The number of hydrogen-bond acceptors (Lipinski definition) is 3. The van der Waals surface area contributed by atoms with Crippen LogP contribution >= 0.6 is 11.6 Å². The summed E-state index contributed by atoms with van der Waals surface area (Å²) < 4.78 is 11.4. The molecule has 1 aromatic carbocycles. The van der Waals surface area contributed by atoms with E-state index in [9.17, 15) is 0 Å². The van der Waals surface area contributed by atoms with Crippen LogP contribution in [0.4, 0.5) is 0 Å². The summed E-state index contributed by atoms with van der Waals surface area (Å²) in [6.07, 6.45) is 1.61. The van der Waals surface area contributed by atoms with Crippen molar-refractivity contribution in [1.29, 1.82) is 0 Å². The number of benzene rings is 1. The van der Waals surface area contributed by atoms with E-state index in [0.717, 1.165) is 18.1 Å². The van der Waals surface area contributed by atoms with Crippen molar-refractivity contribution in [2.24, 2.45) is 0 Å². The Morgan fingerprint density at radius 2 is 2.16 bits per heavy atom. The average Bonchev–Trinajstić information content (AvgIpc) is 2.89. The Balaban J connectivity index is 2.09. The van der Waals surface area contributed by atoms with E-state index in [1.807, 2.05) is 43.3 Å². The van der Waals surface area contributed by atoms with Crippen molar-refractivity contribution in [1.82, 2.24) is 5.32 Å². The third-order valence-electron chi connectivity index (χ3n) is 2.86. The van der Waals surface area contributed by atoms with Gasteiger partial charge in [-0.1, -0.05) is 24.6 Å². The summed E-state index contributed by atoms with van der Waals surface area (Å²) in [5.41, 5.74) is 0. The van der Waals surface area contributed by atoms with Gasteiger partial charge in [-0.15, -0.1) is 0 Å². The highest BCUT2D eigenvalue weighted by molar-refractivity contribution is 6.30. The van der Waals surface area contributed by atoms with Gasteiger partial charge in [-0.25, -0.2) is 0 Å². The number of hydrogen-bond donors (Lipinski definition) is 1. The third kappa shape index (κ3) is 3.75. The highest BCUT2D eigenvalue weighted by atomic mass is 35.5. The van der Waals surface area contributed by atoms with Gasteiger partial charge in [0, 0.05) is 5.02 Å². The highest BCUT2D eigenvalue weighted by Crippen LogP contribution is 2.24. The molecule has 102 valence electrons. The van der Waals surface area contributed by atoms with E-state index >= 15 is 0 Å². The fourth-order valence-corrected chi connectivity index (χ4v) is 2.19. The Morgan fingerprint density at radius 3 is 2.79 bits per heavy atom. The molecule has 2 aromatic rings. The van der Waals surface area contributed by atoms with Crippen LogP contribution in [0.15, 0.2) is 47.1 Å². The second kappa shape index (κ2) is 6.64. The molecule has 0 saturated heterocycles. The molecule has 3 nitrogen and oxygen atoms in total. The largest absolute Gasteiger partial charge is 0.489 e. The number of halogens is 1. The van der Waals surface area contributed by atoms with Gasteiger partial charge in [-0.2, -0.15) is 0 Å². The summed E-state index contributed by atoms with van der Waals surface area (Å²) in [6, 6.07) is 11.2. The number of likely N-dealkylation sites (N-methyl/N-ethyl adjacent to an activating group) is 1. The Morgan fingerprint density at radius 1 is 1.32 bits per heavy atom. The molecule has 1 N–H and O–H groups in total. The van der Waals surface area contributed by atoms with Gasteiger partial charge in [0.15, 0.2) is 0 Å². The predicted molar refractivity (Wildman–Crippen MR) is 76.7 cm³/mol. The summed E-state index contributed by atoms with van der Waals surface area (Å²) in [6.45, 7) is 4.91. The molecule has 0 amide bonds. The summed E-state index contributed by atoms with van der Waals surface area (Å²) in [5, 5.41) is 4.04. The van der Waals surface area contributed by atoms with Gasteiger partial charge in [0.1, 0.15) is 23.7 Å². The Bertz CT molecular complexity index is 499. The van der Waals surface area contributed by atoms with Gasteiger partial charge in [0.25, 0.3) is 0 Å². The molecular weight excluding hydrogens is 262 g/mol. The van der Waals surface area contributed by atoms with E-state index in [2.05, 4.69) is 12.2 Å². The molecule has 0 spiro atoms. The van der Waals surface area contributed by atoms with Crippen molar-refractivity contribution < 1.29 is 9.15 Å². The fraction of sp³-hybridized carbons (Fsp3) is 0.333. The SMILES string of the molecule is CCNC(c1ccco1)C(C)Oc1cccc(Cl)c1. The molecule has 0 fully saturated rings. The van der Waals surface area contributed by atoms with Crippen LogP contribution < -0.4 is 10.1 Å². The molecule has 0 aliphatic carbocycles. The molecule has 1 heterocycles. The van der Waals surface area contributed by atoms with Crippen LogP contribution in [0.1, 0.15) is 25.6 Å². The zero-order valence-electron chi connectivity index (χ0n) is 11.1. The molecule has 2 atom stereocenters. The van der Waals surface area contributed by atoms with E-state index in [0.29, 0.717) is 5.02 Å². The molecule has 19 heavy (non-hydrogen) atoms. The maximum Gasteiger partial charge on any atom is 0.124 e. The van der Waals surface area contributed by atoms with Crippen LogP contribution in [0.3, 0.4) is 0 Å². The lowest BCUT2D eigenvalue weighted by atomic mass is 10.1. The van der Waals surface area contributed by atoms with E-state index in [-0.39, 0.29) is 12.1 Å². The number of ether oxygens (including phenoxy) is 1. The molecule has 0 bridgehead atoms. The van der Waals surface area contributed by atoms with Crippen LogP contribution in [0.25, 0.3) is 0 Å². The maximum absolute atomic E-state index is 5.95. The second-order valence-electron chi connectivity index (χ2n) is 4.33. The molecule has 0 aliphatic rings.